The lowest BCUT2D eigenvalue weighted by molar-refractivity contribution is 0.0718. The molecule has 1 aliphatic rings. The number of likely N-dealkylation sites (tertiary alicyclic amines) is 1. The number of carbonyl (C=O) groups is 3. The molecule has 2 aromatic carbocycles. The number of hydrogen-bond acceptors (Lipinski definition) is 7. The smallest absolute Gasteiger partial charge is 0.257 e. The summed E-state index contributed by atoms with van der Waals surface area (Å²) in [5.74, 6) is -0.406. The average Bonchev–Trinajstić information content (AvgIpc) is 3.32. The minimum atomic E-state index is -0.607. The first-order valence-electron chi connectivity index (χ1n) is 11.9. The van der Waals surface area contributed by atoms with Crippen LogP contribution >= 0.6 is 0 Å². The summed E-state index contributed by atoms with van der Waals surface area (Å²) in [6, 6.07) is 11.7. The van der Waals surface area contributed by atoms with Crippen LogP contribution in [0.3, 0.4) is 0 Å². The van der Waals surface area contributed by atoms with Gasteiger partial charge in [-0.3, -0.25) is 19.7 Å². The lowest BCUT2D eigenvalue weighted by atomic mass is 10.0. The van der Waals surface area contributed by atoms with Crippen molar-refractivity contribution in [3.05, 3.63) is 77.1 Å². The van der Waals surface area contributed by atoms with Crippen LogP contribution in [0.5, 0.6) is 0 Å². The van der Waals surface area contributed by atoms with Crippen molar-refractivity contribution < 1.29 is 14.4 Å². The Morgan fingerprint density at radius 1 is 1.03 bits per heavy atom. The van der Waals surface area contributed by atoms with E-state index in [1.165, 1.54) is 0 Å². The Balaban J connectivity index is 1.22. The zero-order chi connectivity index (χ0) is 25.9. The molecule has 11 heteroatoms. The molecule has 0 atom stereocenters. The molecule has 1 aliphatic heterocycles. The number of imidazole rings is 1. The fraction of sp³-hybridized carbons (Fsp3) is 0.231. The van der Waals surface area contributed by atoms with Crippen molar-refractivity contribution >= 4 is 40.7 Å². The minimum absolute atomic E-state index is 0.130. The number of fused-ring (bicyclic) bond motifs is 1. The van der Waals surface area contributed by atoms with E-state index < -0.39 is 11.8 Å². The molecule has 11 nitrogen and oxygen atoms in total. The predicted molar refractivity (Wildman–Crippen MR) is 138 cm³/mol. The number of primary amides is 1. The van der Waals surface area contributed by atoms with E-state index in [1.54, 1.807) is 59.8 Å². The van der Waals surface area contributed by atoms with Crippen LogP contribution in [0.15, 0.2) is 54.9 Å². The summed E-state index contributed by atoms with van der Waals surface area (Å²) < 4.78 is 0. The van der Waals surface area contributed by atoms with E-state index in [9.17, 15) is 14.4 Å². The highest BCUT2D eigenvalue weighted by molar-refractivity contribution is 6.07. The molecule has 3 amide bonds. The van der Waals surface area contributed by atoms with Crippen LogP contribution in [0.4, 0.5) is 11.9 Å². The van der Waals surface area contributed by atoms with Crippen molar-refractivity contribution in [3.63, 3.8) is 0 Å². The molecule has 1 fully saturated rings. The van der Waals surface area contributed by atoms with Gasteiger partial charge in [0.25, 0.3) is 17.7 Å². The number of anilines is 2. The van der Waals surface area contributed by atoms with Gasteiger partial charge in [0.05, 0.1) is 11.1 Å². The van der Waals surface area contributed by atoms with E-state index in [2.05, 4.69) is 30.6 Å². The number of piperidine rings is 1. The molecule has 0 bridgehead atoms. The van der Waals surface area contributed by atoms with Gasteiger partial charge in [0, 0.05) is 42.7 Å². The van der Waals surface area contributed by atoms with Crippen LogP contribution < -0.4 is 16.4 Å². The fourth-order valence-electron chi connectivity index (χ4n) is 4.32. The van der Waals surface area contributed by atoms with E-state index in [4.69, 9.17) is 5.73 Å². The predicted octanol–water partition coefficient (Wildman–Crippen LogP) is 2.73. The first-order valence-corrected chi connectivity index (χ1v) is 11.9. The maximum atomic E-state index is 13.1. The monoisotopic (exact) mass is 498 g/mol. The Hall–Kier alpha value is -4.80. The van der Waals surface area contributed by atoms with Crippen molar-refractivity contribution in [3.8, 4) is 0 Å². The van der Waals surface area contributed by atoms with Crippen LogP contribution in [0.25, 0.3) is 11.0 Å². The maximum absolute atomic E-state index is 13.1. The Morgan fingerprint density at radius 2 is 1.73 bits per heavy atom. The second kappa shape index (κ2) is 10.1. The molecule has 0 aliphatic carbocycles. The summed E-state index contributed by atoms with van der Waals surface area (Å²) in [5.41, 5.74) is 8.36. The number of aromatic nitrogens is 4. The normalized spacial score (nSPS) is 13.9. The molecule has 37 heavy (non-hydrogen) atoms. The van der Waals surface area contributed by atoms with Crippen LogP contribution in [0.1, 0.15) is 49.5 Å². The standard InChI is InChI=1S/C26H26N8O3/c1-15-13-28-25(29-14-15)30-18-8-10-34(11-9-18)24(37)17-5-2-4-16(12-17)23(36)33-26-31-20-7-3-6-19(22(27)35)21(20)32-26/h2-7,12-14,18H,8-11H2,1H3,(H2,27,35)(H,28,29,30)(H2,31,32,33,36). The van der Waals surface area contributed by atoms with Crippen LogP contribution in [0.2, 0.25) is 0 Å². The van der Waals surface area contributed by atoms with Crippen molar-refractivity contribution in [2.75, 3.05) is 23.7 Å². The Bertz CT molecular complexity index is 1470. The van der Waals surface area contributed by atoms with Gasteiger partial charge in [0.2, 0.25) is 11.9 Å². The third kappa shape index (κ3) is 5.25. The highest BCUT2D eigenvalue weighted by Gasteiger charge is 2.24. The van der Waals surface area contributed by atoms with Gasteiger partial charge in [-0.1, -0.05) is 12.1 Å². The van der Waals surface area contributed by atoms with Gasteiger partial charge in [-0.05, 0) is 55.7 Å². The van der Waals surface area contributed by atoms with Crippen molar-refractivity contribution in [1.29, 1.82) is 0 Å². The van der Waals surface area contributed by atoms with Gasteiger partial charge < -0.3 is 20.9 Å². The van der Waals surface area contributed by atoms with Crippen LogP contribution in [-0.2, 0) is 0 Å². The lowest BCUT2D eigenvalue weighted by Crippen LogP contribution is -2.42. The second-order valence-electron chi connectivity index (χ2n) is 8.98. The van der Waals surface area contributed by atoms with Gasteiger partial charge in [0.1, 0.15) is 5.52 Å². The van der Waals surface area contributed by atoms with Crippen molar-refractivity contribution in [2.24, 2.45) is 5.73 Å². The Kier molecular flexibility index (Phi) is 6.50. The number of aromatic amines is 1. The fourth-order valence-corrected chi connectivity index (χ4v) is 4.32. The number of H-pyrrole nitrogens is 1. The van der Waals surface area contributed by atoms with Gasteiger partial charge in [-0.2, -0.15) is 0 Å². The van der Waals surface area contributed by atoms with Crippen LogP contribution in [-0.4, -0.2) is 61.7 Å². The summed E-state index contributed by atoms with van der Waals surface area (Å²) in [6.45, 7) is 3.10. The highest BCUT2D eigenvalue weighted by atomic mass is 16.2. The molecule has 3 heterocycles. The minimum Gasteiger partial charge on any atom is -0.366 e. The quantitative estimate of drug-likeness (QED) is 0.318. The number of aryl methyl sites for hydroxylation is 1. The number of carbonyl (C=O) groups excluding carboxylic acids is 3. The lowest BCUT2D eigenvalue weighted by Gasteiger charge is -2.32. The van der Waals surface area contributed by atoms with Crippen molar-refractivity contribution in [1.82, 2.24) is 24.8 Å². The SMILES string of the molecule is Cc1cnc(NC2CCN(C(=O)c3cccc(C(=O)Nc4nc5c(C(N)=O)cccc5[nH]4)c3)CC2)nc1. The summed E-state index contributed by atoms with van der Waals surface area (Å²) in [7, 11) is 0. The molecular formula is C26H26N8O3. The highest BCUT2D eigenvalue weighted by Crippen LogP contribution is 2.20. The summed E-state index contributed by atoms with van der Waals surface area (Å²) >= 11 is 0. The third-order valence-corrected chi connectivity index (χ3v) is 6.28. The van der Waals surface area contributed by atoms with Crippen molar-refractivity contribution in [2.45, 2.75) is 25.8 Å². The molecule has 5 N–H and O–H groups in total. The number of nitrogens with one attached hydrogen (secondary N) is 3. The van der Waals surface area contributed by atoms with E-state index in [-0.39, 0.29) is 23.5 Å². The first-order chi connectivity index (χ1) is 17.9. The number of nitrogens with zero attached hydrogens (tertiary/aromatic N) is 4. The molecule has 0 spiro atoms. The number of rotatable bonds is 6. The molecule has 5 rings (SSSR count). The number of para-hydroxylation sites is 1. The molecule has 0 radical (unpaired) electrons. The number of benzene rings is 2. The van der Waals surface area contributed by atoms with E-state index in [0.29, 0.717) is 41.2 Å². The van der Waals surface area contributed by atoms with Crippen LogP contribution in [0, 0.1) is 6.92 Å². The molecule has 2 aromatic heterocycles. The zero-order valence-corrected chi connectivity index (χ0v) is 20.2. The molecule has 0 unspecified atom stereocenters. The summed E-state index contributed by atoms with van der Waals surface area (Å²) in [4.78, 5) is 55.3. The Labute approximate surface area is 212 Å². The van der Waals surface area contributed by atoms with E-state index in [1.807, 2.05) is 6.92 Å². The van der Waals surface area contributed by atoms with Gasteiger partial charge in [0.15, 0.2) is 0 Å². The van der Waals surface area contributed by atoms with E-state index >= 15 is 0 Å². The number of amides is 3. The molecule has 0 saturated carbocycles. The Morgan fingerprint density at radius 3 is 2.46 bits per heavy atom. The molecular weight excluding hydrogens is 472 g/mol. The average molecular weight is 499 g/mol. The maximum Gasteiger partial charge on any atom is 0.257 e. The van der Waals surface area contributed by atoms with Gasteiger partial charge >= 0.3 is 0 Å². The number of hydrogen-bond donors (Lipinski definition) is 4. The summed E-state index contributed by atoms with van der Waals surface area (Å²) in [6.07, 6.45) is 5.07. The van der Waals surface area contributed by atoms with Gasteiger partial charge in [-0.15, -0.1) is 0 Å². The van der Waals surface area contributed by atoms with Gasteiger partial charge in [-0.25, -0.2) is 15.0 Å². The van der Waals surface area contributed by atoms with E-state index in [0.717, 1.165) is 18.4 Å². The third-order valence-electron chi connectivity index (χ3n) is 6.28. The zero-order valence-electron chi connectivity index (χ0n) is 20.2. The topological polar surface area (TPSA) is 159 Å². The molecule has 4 aromatic rings. The molecule has 1 saturated heterocycles. The summed E-state index contributed by atoms with van der Waals surface area (Å²) in [5, 5.41) is 6.02. The molecule has 188 valence electrons. The largest absolute Gasteiger partial charge is 0.366 e. The number of nitrogens with two attached hydrogens (primary N) is 1. The first kappa shape index (κ1) is 23.9. The second-order valence-corrected chi connectivity index (χ2v) is 8.98.